The molecule has 0 aromatic rings. The van der Waals surface area contributed by atoms with Gasteiger partial charge in [-0.15, -0.1) is 0 Å². The summed E-state index contributed by atoms with van der Waals surface area (Å²) in [6.45, 7) is 0. The molecule has 0 aliphatic rings. The van der Waals surface area contributed by atoms with Crippen molar-refractivity contribution in [2.24, 2.45) is 0 Å². The Hall–Kier alpha value is 0.306. The van der Waals surface area contributed by atoms with Crippen LogP contribution in [-0.4, -0.2) is 23.2 Å². The van der Waals surface area contributed by atoms with Gasteiger partial charge in [0, 0.05) is 7.11 Å². The molecule has 0 aliphatic carbocycles. The third-order valence-corrected chi connectivity index (χ3v) is 0. The smallest absolute Gasteiger partial charge is 0.693 e. The third-order valence-electron chi connectivity index (χ3n) is 0. The van der Waals surface area contributed by atoms with Crippen LogP contribution in [0.1, 0.15) is 0 Å². The Morgan fingerprint density at radius 2 is 0.857 bits per heavy atom. The molecule has 0 aromatic heterocycles. The fourth-order valence-electron chi connectivity index (χ4n) is 0. The van der Waals surface area contributed by atoms with Crippen molar-refractivity contribution in [3.8, 4) is 0 Å². The second-order valence-corrected chi connectivity index (χ2v) is 0. The van der Waals surface area contributed by atoms with Gasteiger partial charge in [-0.3, -0.25) is 0 Å². The molecule has 0 unspecified atom stereocenters. The SMILES string of the molecule is CO.O.O.[Co+2].[NH2-].[NH2-]. The van der Waals surface area contributed by atoms with E-state index in [1.807, 2.05) is 0 Å². The molecule has 0 aliphatic heterocycles. The van der Waals surface area contributed by atoms with E-state index < -0.39 is 0 Å². The Balaban J connectivity index is -0.000000000500. The summed E-state index contributed by atoms with van der Waals surface area (Å²) in [5.74, 6) is 0. The van der Waals surface area contributed by atoms with Crippen molar-refractivity contribution in [2.45, 2.75) is 0 Å². The summed E-state index contributed by atoms with van der Waals surface area (Å²) in [6, 6.07) is 0. The van der Waals surface area contributed by atoms with Gasteiger partial charge in [-0.05, 0) is 0 Å². The van der Waals surface area contributed by atoms with Crippen molar-refractivity contribution >= 4 is 0 Å². The quantitative estimate of drug-likeness (QED) is 0.492. The van der Waals surface area contributed by atoms with Gasteiger partial charge in [-0.2, -0.15) is 0 Å². The number of rotatable bonds is 0. The maximum atomic E-state index is 7.00. The van der Waals surface area contributed by atoms with Crippen LogP contribution in [0.4, 0.5) is 0 Å². The zero-order valence-electron chi connectivity index (χ0n) is 3.94. The van der Waals surface area contributed by atoms with Gasteiger partial charge in [0.25, 0.3) is 0 Å². The number of hydrogen-bond acceptors (Lipinski definition) is 1. The Labute approximate surface area is 53.1 Å². The van der Waals surface area contributed by atoms with Crippen molar-refractivity contribution in [3.05, 3.63) is 12.3 Å². The predicted octanol–water partition coefficient (Wildman–Crippen LogP) is -0.609. The van der Waals surface area contributed by atoms with Gasteiger partial charge in [-0.25, -0.2) is 0 Å². The molecule has 0 saturated heterocycles. The molecule has 0 heterocycles. The van der Waals surface area contributed by atoms with E-state index in [0.29, 0.717) is 0 Å². The summed E-state index contributed by atoms with van der Waals surface area (Å²) in [6.07, 6.45) is 0. The van der Waals surface area contributed by atoms with Crippen molar-refractivity contribution in [2.75, 3.05) is 7.11 Å². The molecule has 0 saturated carbocycles. The zero-order valence-corrected chi connectivity index (χ0v) is 4.98. The van der Waals surface area contributed by atoms with Gasteiger partial charge < -0.3 is 28.4 Å². The molecule has 0 bridgehead atoms. The van der Waals surface area contributed by atoms with Gasteiger partial charge in [0.05, 0.1) is 0 Å². The zero-order chi connectivity index (χ0) is 2.00. The fraction of sp³-hybridized carbons (Fsp3) is 1.00. The first-order valence-electron chi connectivity index (χ1n) is 0.447. The average Bonchev–Trinajstić information content (AvgIpc) is 1.00. The molecule has 7 heavy (non-hydrogen) atoms. The van der Waals surface area contributed by atoms with Gasteiger partial charge >= 0.3 is 16.8 Å². The van der Waals surface area contributed by atoms with E-state index in [-0.39, 0.29) is 40.0 Å². The molecule has 5 nitrogen and oxygen atoms in total. The van der Waals surface area contributed by atoms with E-state index in [2.05, 4.69) is 0 Å². The van der Waals surface area contributed by atoms with E-state index in [4.69, 9.17) is 5.11 Å². The molecule has 0 atom stereocenters. The van der Waals surface area contributed by atoms with Crippen molar-refractivity contribution in [3.63, 3.8) is 0 Å². The van der Waals surface area contributed by atoms with Crippen LogP contribution in [0.15, 0.2) is 0 Å². The summed E-state index contributed by atoms with van der Waals surface area (Å²) in [5.41, 5.74) is 0. The summed E-state index contributed by atoms with van der Waals surface area (Å²) >= 11 is 0. The van der Waals surface area contributed by atoms with E-state index in [1.54, 1.807) is 0 Å². The second-order valence-electron chi connectivity index (χ2n) is 0. The van der Waals surface area contributed by atoms with Crippen LogP contribution in [0.2, 0.25) is 0 Å². The largest absolute Gasteiger partial charge is 2.00 e. The molecule has 0 fully saturated rings. The van der Waals surface area contributed by atoms with Crippen LogP contribution < -0.4 is 0 Å². The summed E-state index contributed by atoms with van der Waals surface area (Å²) in [4.78, 5) is 0. The maximum Gasteiger partial charge on any atom is 2.00 e. The van der Waals surface area contributed by atoms with Crippen LogP contribution in [0, 0.1) is 0 Å². The predicted molar refractivity (Wildman–Crippen MR) is 25.9 cm³/mol. The number of aliphatic hydroxyl groups is 1. The van der Waals surface area contributed by atoms with Crippen molar-refractivity contribution in [1.29, 1.82) is 0 Å². The number of nitrogens with two attached hydrogens (primary N) is 2. The average molecular weight is 159 g/mol. The van der Waals surface area contributed by atoms with Gasteiger partial charge in [0.15, 0.2) is 0 Å². The minimum Gasteiger partial charge on any atom is -0.693 e. The first kappa shape index (κ1) is 170. The van der Waals surface area contributed by atoms with E-state index in [1.165, 1.54) is 0 Å². The van der Waals surface area contributed by atoms with Gasteiger partial charge in [0.2, 0.25) is 0 Å². The van der Waals surface area contributed by atoms with Crippen LogP contribution >= 0.6 is 0 Å². The third kappa shape index (κ3) is 1250. The molecule has 0 amide bonds. The molecule has 1 radical (unpaired) electrons. The van der Waals surface area contributed by atoms with Gasteiger partial charge in [0.1, 0.15) is 0 Å². The Morgan fingerprint density at radius 3 is 0.857 bits per heavy atom. The molecular formula is CH12CoN2O3. The molecular weight excluding hydrogens is 147 g/mol. The maximum absolute atomic E-state index is 7.00. The fourth-order valence-corrected chi connectivity index (χ4v) is 0. The van der Waals surface area contributed by atoms with E-state index in [9.17, 15) is 0 Å². The first-order chi connectivity index (χ1) is 1.00. The summed E-state index contributed by atoms with van der Waals surface area (Å²) in [5, 5.41) is 7.00. The molecule has 6 heteroatoms. The monoisotopic (exact) mass is 159 g/mol. The molecule has 0 spiro atoms. The van der Waals surface area contributed by atoms with Crippen LogP contribution in [-0.2, 0) is 16.8 Å². The standard InChI is InChI=1S/CH4O.Co.2H2N.2H2O/c1-2;;;;;/h2H,1H3;;4*1H2/q;+2;2*-1;;. The van der Waals surface area contributed by atoms with Crippen LogP contribution in [0.5, 0.6) is 0 Å². The van der Waals surface area contributed by atoms with E-state index >= 15 is 0 Å². The van der Waals surface area contributed by atoms with Crippen molar-refractivity contribution in [1.82, 2.24) is 0 Å². The molecule has 53 valence electrons. The first-order valence-corrected chi connectivity index (χ1v) is 0.447. The van der Waals surface area contributed by atoms with Crippen LogP contribution in [0.3, 0.4) is 0 Å². The second kappa shape index (κ2) is 1890. The van der Waals surface area contributed by atoms with Crippen molar-refractivity contribution < 1.29 is 32.8 Å². The summed E-state index contributed by atoms with van der Waals surface area (Å²) < 4.78 is 0. The Bertz CT molecular complexity index is 12.9. The minimum absolute atomic E-state index is 0. The minimum atomic E-state index is 0. The molecule has 9 N–H and O–H groups in total. The van der Waals surface area contributed by atoms with Gasteiger partial charge in [-0.1, -0.05) is 0 Å². The summed E-state index contributed by atoms with van der Waals surface area (Å²) in [7, 11) is 1.00. The molecule has 0 aromatic carbocycles. The normalized spacial score (nSPS) is 0.857. The Morgan fingerprint density at radius 1 is 0.857 bits per heavy atom. The number of aliphatic hydroxyl groups excluding tert-OH is 1. The van der Waals surface area contributed by atoms with E-state index in [0.717, 1.165) is 7.11 Å². The molecule has 0 rings (SSSR count). The Kier molecular flexibility index (Phi) is 46000. The van der Waals surface area contributed by atoms with Crippen LogP contribution in [0.25, 0.3) is 12.3 Å². The topological polar surface area (TPSA) is 150 Å². The number of hydrogen-bond donors (Lipinski definition) is 1.